The summed E-state index contributed by atoms with van der Waals surface area (Å²) in [7, 11) is -2.78. The number of hydrogen-bond acceptors (Lipinski definition) is 6. The fourth-order valence-electron chi connectivity index (χ4n) is 6.92. The number of amides is 2. The molecule has 41 heavy (non-hydrogen) atoms. The van der Waals surface area contributed by atoms with Crippen LogP contribution in [0.15, 0.2) is 66.7 Å². The molecule has 0 bridgehead atoms. The Morgan fingerprint density at radius 3 is 2.49 bits per heavy atom. The van der Waals surface area contributed by atoms with Crippen molar-refractivity contribution < 1.29 is 29.0 Å². The van der Waals surface area contributed by atoms with Crippen molar-refractivity contribution in [1.29, 1.82) is 0 Å². The van der Waals surface area contributed by atoms with Crippen molar-refractivity contribution in [2.24, 2.45) is 5.92 Å². The molecule has 3 aliphatic rings. The first-order valence-electron chi connectivity index (χ1n) is 13.8. The largest absolute Gasteiger partial charge is 0.482 e. The predicted octanol–water partition coefficient (Wildman–Crippen LogP) is 5.12. The van der Waals surface area contributed by atoms with Crippen molar-refractivity contribution in [3.63, 3.8) is 0 Å². The van der Waals surface area contributed by atoms with E-state index in [0.29, 0.717) is 39.8 Å². The fourth-order valence-corrected chi connectivity index (χ4v) is 9.70. The zero-order valence-corrected chi connectivity index (χ0v) is 25.0. The summed E-state index contributed by atoms with van der Waals surface area (Å²) in [5, 5.41) is 10.3. The molecule has 10 heteroatoms. The number of fused-ring (bicyclic) bond motifs is 3. The molecule has 214 valence electrons. The molecule has 6 rings (SSSR count). The van der Waals surface area contributed by atoms with Crippen LogP contribution < -0.4 is 14.5 Å². The number of hydrogen-bond donors (Lipinski definition) is 2. The molecule has 8 nitrogen and oxygen atoms in total. The van der Waals surface area contributed by atoms with E-state index in [1.54, 1.807) is 21.9 Å². The summed E-state index contributed by atoms with van der Waals surface area (Å²) >= 11 is 6.44. The first-order chi connectivity index (χ1) is 19.6. The van der Waals surface area contributed by atoms with E-state index in [2.05, 4.69) is 0 Å². The Balaban J connectivity index is 1.34. The zero-order chi connectivity index (χ0) is 29.1. The fraction of sp³-hybridized carbons (Fsp3) is 0.355. The SMILES string of the molecule is C[C@@H]1[C@@H]([Si](C)(C)O)[C@H](CCO)O[C@@]12C(=O)N(Cc1ccc(N3C(=O)COc4ccccc43)cc1)c1ccc(Cl)cc12. The molecular weight excluding hydrogens is 560 g/mol. The van der Waals surface area contributed by atoms with Gasteiger partial charge in [0.1, 0.15) is 5.75 Å². The number of benzene rings is 3. The highest BCUT2D eigenvalue weighted by Crippen LogP contribution is 2.60. The summed E-state index contributed by atoms with van der Waals surface area (Å²) in [6.07, 6.45) is -0.118. The highest BCUT2D eigenvalue weighted by atomic mass is 35.5. The van der Waals surface area contributed by atoms with Crippen LogP contribution in [0, 0.1) is 5.92 Å². The molecule has 0 saturated carbocycles. The lowest BCUT2D eigenvalue weighted by molar-refractivity contribution is -0.146. The molecule has 0 aliphatic carbocycles. The smallest absolute Gasteiger partial charge is 0.269 e. The summed E-state index contributed by atoms with van der Waals surface area (Å²) < 4.78 is 12.2. The number of rotatable bonds is 6. The van der Waals surface area contributed by atoms with Crippen LogP contribution in [-0.4, -0.2) is 49.4 Å². The van der Waals surface area contributed by atoms with Gasteiger partial charge in [-0.15, -0.1) is 0 Å². The number of carbonyl (C=O) groups is 2. The normalized spacial score (nSPS) is 25.5. The van der Waals surface area contributed by atoms with Crippen LogP contribution >= 0.6 is 11.6 Å². The van der Waals surface area contributed by atoms with Gasteiger partial charge >= 0.3 is 0 Å². The van der Waals surface area contributed by atoms with Gasteiger partial charge in [0.15, 0.2) is 20.5 Å². The molecule has 1 spiro atoms. The molecular formula is C31H33ClN2O6Si. The topological polar surface area (TPSA) is 99.5 Å². The second-order valence-electron chi connectivity index (χ2n) is 11.6. The van der Waals surface area contributed by atoms with E-state index in [1.165, 1.54) is 0 Å². The molecule has 4 atom stereocenters. The number of aliphatic hydroxyl groups excluding tert-OH is 1. The summed E-state index contributed by atoms with van der Waals surface area (Å²) in [4.78, 5) is 41.7. The van der Waals surface area contributed by atoms with E-state index in [9.17, 15) is 19.5 Å². The second-order valence-corrected chi connectivity index (χ2v) is 16.0. The number of carbonyl (C=O) groups excluding carboxylic acids is 2. The Morgan fingerprint density at radius 1 is 1.05 bits per heavy atom. The summed E-state index contributed by atoms with van der Waals surface area (Å²) in [6.45, 7) is 5.83. The second kappa shape index (κ2) is 10.3. The van der Waals surface area contributed by atoms with Crippen molar-refractivity contribution in [3.05, 3.63) is 82.9 Å². The van der Waals surface area contributed by atoms with Gasteiger partial charge in [-0.1, -0.05) is 42.8 Å². The average molecular weight is 593 g/mol. The van der Waals surface area contributed by atoms with Crippen LogP contribution in [0.25, 0.3) is 0 Å². The lowest BCUT2D eigenvalue weighted by Gasteiger charge is -2.32. The van der Waals surface area contributed by atoms with Crippen molar-refractivity contribution in [3.8, 4) is 5.75 Å². The van der Waals surface area contributed by atoms with Crippen LogP contribution in [0.4, 0.5) is 17.1 Å². The molecule has 3 aromatic rings. The quantitative estimate of drug-likeness (QED) is 0.385. The van der Waals surface area contributed by atoms with Crippen molar-refractivity contribution in [1.82, 2.24) is 0 Å². The van der Waals surface area contributed by atoms with Gasteiger partial charge in [0.05, 0.1) is 24.0 Å². The third-order valence-electron chi connectivity index (χ3n) is 8.60. The minimum atomic E-state index is -2.78. The van der Waals surface area contributed by atoms with Crippen LogP contribution in [-0.2, 0) is 26.5 Å². The van der Waals surface area contributed by atoms with E-state index in [0.717, 1.165) is 5.56 Å². The third-order valence-corrected chi connectivity index (χ3v) is 11.3. The average Bonchev–Trinajstić information content (AvgIpc) is 3.36. The number of ether oxygens (including phenoxy) is 2. The monoisotopic (exact) mass is 592 g/mol. The Labute approximate surface area is 245 Å². The van der Waals surface area contributed by atoms with Gasteiger partial charge in [-0.2, -0.15) is 0 Å². The van der Waals surface area contributed by atoms with Gasteiger partial charge in [-0.3, -0.25) is 14.5 Å². The lowest BCUT2D eigenvalue weighted by Crippen LogP contribution is -2.46. The number of aliphatic hydroxyl groups is 1. The van der Waals surface area contributed by atoms with Crippen LogP contribution in [0.5, 0.6) is 5.75 Å². The molecule has 1 fully saturated rings. The Hall–Kier alpha value is -3.21. The molecule has 2 N–H and O–H groups in total. The highest BCUT2D eigenvalue weighted by molar-refractivity contribution is 6.71. The van der Waals surface area contributed by atoms with Gasteiger partial charge in [-0.25, -0.2) is 0 Å². The highest BCUT2D eigenvalue weighted by Gasteiger charge is 2.66. The van der Waals surface area contributed by atoms with Crippen molar-refractivity contribution >= 4 is 48.8 Å². The van der Waals surface area contributed by atoms with Crippen LogP contribution in [0.1, 0.15) is 24.5 Å². The number of halogens is 1. The summed E-state index contributed by atoms with van der Waals surface area (Å²) in [6, 6.07) is 20.4. The molecule has 0 unspecified atom stereocenters. The van der Waals surface area contributed by atoms with E-state index in [-0.39, 0.29) is 43.0 Å². The summed E-state index contributed by atoms with van der Waals surface area (Å²) in [5.41, 5.74) is 2.13. The Bertz CT molecular complexity index is 1510. The molecule has 3 heterocycles. The molecule has 0 aromatic heterocycles. The maximum Gasteiger partial charge on any atom is 0.269 e. The first kappa shape index (κ1) is 27.9. The molecule has 1 saturated heterocycles. The number of nitrogens with zero attached hydrogens (tertiary/aromatic N) is 2. The van der Waals surface area contributed by atoms with Gasteiger partial charge in [0.2, 0.25) is 0 Å². The summed E-state index contributed by atoms with van der Waals surface area (Å²) in [5.74, 6) is -0.0341. The Morgan fingerprint density at radius 2 is 1.78 bits per heavy atom. The lowest BCUT2D eigenvalue weighted by atomic mass is 9.82. The number of para-hydroxylation sites is 2. The van der Waals surface area contributed by atoms with Crippen molar-refractivity contribution in [2.75, 3.05) is 23.0 Å². The van der Waals surface area contributed by atoms with Gasteiger partial charge < -0.3 is 24.3 Å². The van der Waals surface area contributed by atoms with Gasteiger partial charge in [-0.05, 0) is 67.5 Å². The van der Waals surface area contributed by atoms with E-state index >= 15 is 0 Å². The van der Waals surface area contributed by atoms with Gasteiger partial charge in [0, 0.05) is 34.3 Å². The minimum Gasteiger partial charge on any atom is -0.482 e. The zero-order valence-electron chi connectivity index (χ0n) is 23.2. The minimum absolute atomic E-state index is 0.0353. The number of anilines is 3. The Kier molecular flexibility index (Phi) is 6.99. The van der Waals surface area contributed by atoms with Gasteiger partial charge in [0.25, 0.3) is 11.8 Å². The van der Waals surface area contributed by atoms with Crippen LogP contribution in [0.3, 0.4) is 0 Å². The van der Waals surface area contributed by atoms with E-state index in [1.807, 2.05) is 74.6 Å². The molecule has 3 aromatic carbocycles. The molecule has 3 aliphatic heterocycles. The molecule has 0 radical (unpaired) electrons. The maximum atomic E-state index is 14.4. The van der Waals surface area contributed by atoms with E-state index in [4.69, 9.17) is 21.1 Å². The van der Waals surface area contributed by atoms with Crippen LogP contribution in [0.2, 0.25) is 23.7 Å². The third kappa shape index (κ3) is 4.47. The molecule has 2 amide bonds. The first-order valence-corrected chi connectivity index (χ1v) is 17.2. The predicted molar refractivity (Wildman–Crippen MR) is 159 cm³/mol. The standard InChI is InChI=1S/C31H33ClN2O6Si/c1-19-29(41(2,3)38)27(14-15-35)40-31(19)23-16-21(32)10-13-24(23)33(30(31)37)17-20-8-11-22(12-9-20)34-25-6-4-5-7-26(25)39-18-28(34)36/h4-13,16,19,27,29,35,38H,14-15,17-18H2,1-3H3/t19-,27+,29-,31+/m1/s1. The van der Waals surface area contributed by atoms with E-state index < -0.39 is 20.0 Å². The maximum absolute atomic E-state index is 14.4. The van der Waals surface area contributed by atoms with Crippen molar-refractivity contribution in [2.45, 2.75) is 50.2 Å².